The van der Waals surface area contributed by atoms with Gasteiger partial charge in [0.2, 0.25) is 0 Å². The van der Waals surface area contributed by atoms with E-state index in [0.29, 0.717) is 23.9 Å². The van der Waals surface area contributed by atoms with Gasteiger partial charge >= 0.3 is 0 Å². The molecule has 3 heterocycles. The Labute approximate surface area is 196 Å². The van der Waals surface area contributed by atoms with Crippen molar-refractivity contribution in [2.45, 2.75) is 25.7 Å². The molecule has 0 bridgehead atoms. The second-order valence-corrected chi connectivity index (χ2v) is 8.55. The molecule has 1 aliphatic carbocycles. The van der Waals surface area contributed by atoms with Crippen LogP contribution in [0, 0.1) is 0 Å². The van der Waals surface area contributed by atoms with E-state index in [4.69, 9.17) is 21.3 Å². The number of benzene rings is 1. The topological polar surface area (TPSA) is 81.9 Å². The highest BCUT2D eigenvalue weighted by molar-refractivity contribution is 6.31. The number of pyridine rings is 2. The average molecular weight is 462 g/mol. The van der Waals surface area contributed by atoms with Crippen molar-refractivity contribution >= 4 is 28.2 Å². The number of anilines is 1. The average Bonchev–Trinajstić information content (AvgIpc) is 2.83. The van der Waals surface area contributed by atoms with Gasteiger partial charge < -0.3 is 10.1 Å². The summed E-state index contributed by atoms with van der Waals surface area (Å²) in [7, 11) is 1.66. The Kier molecular flexibility index (Phi) is 5.96. The van der Waals surface area contributed by atoms with Gasteiger partial charge in [0.25, 0.3) is 11.6 Å². The lowest BCUT2D eigenvalue weighted by molar-refractivity contribution is 0.290. The van der Waals surface area contributed by atoms with Crippen LogP contribution in [0.25, 0.3) is 22.2 Å². The molecule has 0 fully saturated rings. The van der Waals surface area contributed by atoms with E-state index >= 15 is 0 Å². The zero-order valence-electron chi connectivity index (χ0n) is 18.3. The number of hydrogen-bond acceptors (Lipinski definition) is 6. The number of nitrogens with one attached hydrogen (secondary N) is 1. The highest BCUT2D eigenvalue weighted by atomic mass is 35.5. The van der Waals surface area contributed by atoms with Crippen LogP contribution < -0.4 is 15.6 Å². The van der Waals surface area contributed by atoms with Crippen molar-refractivity contribution in [3.63, 3.8) is 0 Å². The van der Waals surface area contributed by atoms with Crippen LogP contribution in [0.5, 0.6) is 6.01 Å². The highest BCUT2D eigenvalue weighted by Crippen LogP contribution is 2.34. The lowest BCUT2D eigenvalue weighted by Gasteiger charge is -2.22. The summed E-state index contributed by atoms with van der Waals surface area (Å²) in [6.07, 6.45) is 7.65. The standard InChI is InChI=1S/C25H24ClN5O2/c1-31-23(32)15-21(16-8-10-27-11-9-16)30-25(31)33-13-12-28-24-18-4-2-3-5-20(18)29-22-14-17(26)6-7-19(22)24/h6-11,14-15H,2-5,12-13H2,1H3,(H,28,29). The predicted molar refractivity (Wildman–Crippen MR) is 130 cm³/mol. The molecule has 168 valence electrons. The van der Waals surface area contributed by atoms with Crippen LogP contribution in [0.4, 0.5) is 5.69 Å². The van der Waals surface area contributed by atoms with Crippen LogP contribution >= 0.6 is 11.6 Å². The Morgan fingerprint density at radius 1 is 1.09 bits per heavy atom. The molecule has 0 saturated heterocycles. The Morgan fingerprint density at radius 3 is 2.76 bits per heavy atom. The smallest absolute Gasteiger partial charge is 0.299 e. The second kappa shape index (κ2) is 9.19. The largest absolute Gasteiger partial charge is 0.463 e. The molecule has 0 aliphatic heterocycles. The first-order valence-corrected chi connectivity index (χ1v) is 11.4. The van der Waals surface area contributed by atoms with E-state index in [1.54, 1.807) is 19.4 Å². The molecule has 1 aliphatic rings. The molecule has 1 N–H and O–H groups in total. The van der Waals surface area contributed by atoms with Crippen molar-refractivity contribution in [2.24, 2.45) is 7.05 Å². The molecule has 4 aromatic rings. The fourth-order valence-corrected chi connectivity index (χ4v) is 4.40. The number of ether oxygens (including phenoxy) is 1. The number of fused-ring (bicyclic) bond motifs is 2. The number of aromatic nitrogens is 4. The summed E-state index contributed by atoms with van der Waals surface area (Å²) in [5, 5.41) is 5.30. The summed E-state index contributed by atoms with van der Waals surface area (Å²) >= 11 is 6.21. The Hall–Kier alpha value is -3.45. The zero-order valence-corrected chi connectivity index (χ0v) is 19.1. The molecule has 3 aromatic heterocycles. The lowest BCUT2D eigenvalue weighted by Crippen LogP contribution is -2.22. The molecule has 0 saturated carbocycles. The monoisotopic (exact) mass is 461 g/mol. The summed E-state index contributed by atoms with van der Waals surface area (Å²) in [4.78, 5) is 25.8. The van der Waals surface area contributed by atoms with Crippen LogP contribution in [0.1, 0.15) is 24.1 Å². The van der Waals surface area contributed by atoms with Gasteiger partial charge in [0, 0.05) is 59.4 Å². The highest BCUT2D eigenvalue weighted by Gasteiger charge is 2.18. The van der Waals surface area contributed by atoms with Gasteiger partial charge in [-0.15, -0.1) is 0 Å². The van der Waals surface area contributed by atoms with Crippen LogP contribution in [0.2, 0.25) is 5.02 Å². The molecule has 0 spiro atoms. The number of hydrogen-bond donors (Lipinski definition) is 1. The summed E-state index contributed by atoms with van der Waals surface area (Å²) in [5.41, 5.74) is 5.64. The minimum atomic E-state index is -0.175. The van der Waals surface area contributed by atoms with Crippen molar-refractivity contribution in [3.05, 3.63) is 75.4 Å². The quantitative estimate of drug-likeness (QED) is 0.428. The zero-order chi connectivity index (χ0) is 22.8. The first kappa shape index (κ1) is 21.4. The molecule has 5 rings (SSSR count). The van der Waals surface area contributed by atoms with Gasteiger partial charge in [-0.1, -0.05) is 11.6 Å². The van der Waals surface area contributed by atoms with Gasteiger partial charge in [-0.05, 0) is 61.6 Å². The third-order valence-electron chi connectivity index (χ3n) is 5.93. The maximum absolute atomic E-state index is 12.4. The molecular weight excluding hydrogens is 438 g/mol. The maximum Gasteiger partial charge on any atom is 0.299 e. The number of nitrogens with zero attached hydrogens (tertiary/aromatic N) is 4. The number of halogens is 1. The normalized spacial score (nSPS) is 13.0. The van der Waals surface area contributed by atoms with E-state index in [2.05, 4.69) is 15.3 Å². The fourth-order valence-electron chi connectivity index (χ4n) is 4.24. The van der Waals surface area contributed by atoms with Gasteiger partial charge in [0.05, 0.1) is 11.2 Å². The van der Waals surface area contributed by atoms with Crippen molar-refractivity contribution in [2.75, 3.05) is 18.5 Å². The minimum absolute atomic E-state index is 0.175. The van der Waals surface area contributed by atoms with E-state index in [-0.39, 0.29) is 11.6 Å². The van der Waals surface area contributed by atoms with Crippen molar-refractivity contribution in [1.29, 1.82) is 0 Å². The van der Waals surface area contributed by atoms with Crippen molar-refractivity contribution < 1.29 is 4.74 Å². The SMILES string of the molecule is Cn1c(OCCNc2c3c(nc4cc(Cl)ccc24)CCCC3)nc(-c2ccncc2)cc1=O. The van der Waals surface area contributed by atoms with E-state index in [1.165, 1.54) is 16.2 Å². The predicted octanol–water partition coefficient (Wildman–Crippen LogP) is 4.41. The fraction of sp³-hybridized carbons (Fsp3) is 0.280. The molecular formula is C25H24ClN5O2. The second-order valence-electron chi connectivity index (χ2n) is 8.11. The number of rotatable bonds is 6. The van der Waals surface area contributed by atoms with Crippen LogP contribution in [0.15, 0.2) is 53.6 Å². The lowest BCUT2D eigenvalue weighted by atomic mass is 9.92. The van der Waals surface area contributed by atoms with E-state index in [0.717, 1.165) is 53.5 Å². The third-order valence-corrected chi connectivity index (χ3v) is 6.16. The van der Waals surface area contributed by atoms with Gasteiger partial charge in [-0.3, -0.25) is 19.3 Å². The van der Waals surface area contributed by atoms with Crippen molar-refractivity contribution in [3.8, 4) is 17.3 Å². The Morgan fingerprint density at radius 2 is 1.91 bits per heavy atom. The van der Waals surface area contributed by atoms with Crippen LogP contribution in [-0.4, -0.2) is 32.7 Å². The molecule has 0 atom stereocenters. The summed E-state index contributed by atoms with van der Waals surface area (Å²) in [6, 6.07) is 11.2. The maximum atomic E-state index is 12.4. The molecule has 0 amide bonds. The molecule has 33 heavy (non-hydrogen) atoms. The molecule has 7 nitrogen and oxygen atoms in total. The van der Waals surface area contributed by atoms with Crippen molar-refractivity contribution in [1.82, 2.24) is 19.5 Å². The number of aryl methyl sites for hydroxylation is 1. The molecule has 8 heteroatoms. The molecule has 1 aromatic carbocycles. The molecule has 0 unspecified atom stereocenters. The van der Waals surface area contributed by atoms with E-state index < -0.39 is 0 Å². The van der Waals surface area contributed by atoms with Crippen LogP contribution in [-0.2, 0) is 19.9 Å². The summed E-state index contributed by atoms with van der Waals surface area (Å²) < 4.78 is 7.33. The third kappa shape index (κ3) is 4.41. The summed E-state index contributed by atoms with van der Waals surface area (Å²) in [6.45, 7) is 0.912. The van der Waals surface area contributed by atoms with Gasteiger partial charge in [-0.2, -0.15) is 4.98 Å². The Bertz CT molecular complexity index is 1370. The van der Waals surface area contributed by atoms with Gasteiger partial charge in [-0.25, -0.2) is 0 Å². The van der Waals surface area contributed by atoms with E-state index in [1.807, 2.05) is 30.3 Å². The minimum Gasteiger partial charge on any atom is -0.463 e. The van der Waals surface area contributed by atoms with E-state index in [9.17, 15) is 4.79 Å². The summed E-state index contributed by atoms with van der Waals surface area (Å²) in [5.74, 6) is 0. The van der Waals surface area contributed by atoms with Gasteiger partial charge in [0.15, 0.2) is 0 Å². The first-order valence-electron chi connectivity index (χ1n) is 11.1. The van der Waals surface area contributed by atoms with Gasteiger partial charge in [0.1, 0.15) is 6.61 Å². The molecule has 0 radical (unpaired) electrons. The van der Waals surface area contributed by atoms with Crippen LogP contribution in [0.3, 0.4) is 0 Å². The Balaban J connectivity index is 1.36. The first-order chi connectivity index (χ1) is 16.1.